The van der Waals surface area contributed by atoms with Crippen molar-refractivity contribution in [2.75, 3.05) is 0 Å². The van der Waals surface area contributed by atoms with Gasteiger partial charge in [0.05, 0.1) is 16.6 Å². The highest BCUT2D eigenvalue weighted by Gasteiger charge is 2.21. The molecule has 7 aromatic carbocycles. The van der Waals surface area contributed by atoms with Crippen molar-refractivity contribution in [3.8, 4) is 44.8 Å². The Labute approximate surface area is 291 Å². The number of para-hydroxylation sites is 1. The van der Waals surface area contributed by atoms with E-state index in [1.165, 1.54) is 71.7 Å². The summed E-state index contributed by atoms with van der Waals surface area (Å²) in [4.78, 5) is 4.99. The molecule has 0 fully saturated rings. The fraction of sp³-hybridized carbons (Fsp3) is 0.0426. The van der Waals surface area contributed by atoms with Gasteiger partial charge in [-0.2, -0.15) is 0 Å². The molecule has 0 amide bonds. The van der Waals surface area contributed by atoms with Crippen molar-refractivity contribution >= 4 is 44.7 Å². The van der Waals surface area contributed by atoms with Gasteiger partial charge in [0, 0.05) is 39.3 Å². The highest BCUT2D eigenvalue weighted by Crippen LogP contribution is 2.41. The van der Waals surface area contributed by atoms with E-state index >= 15 is 0 Å². The van der Waals surface area contributed by atoms with Crippen molar-refractivity contribution in [3.05, 3.63) is 175 Å². The number of aliphatic imine (C=N–C) groups is 1. The van der Waals surface area contributed by atoms with Crippen LogP contribution in [0.3, 0.4) is 0 Å². The molecule has 0 bridgehead atoms. The lowest BCUT2D eigenvalue weighted by Gasteiger charge is -2.13. The van der Waals surface area contributed by atoms with Crippen LogP contribution in [0.5, 0.6) is 0 Å². The van der Waals surface area contributed by atoms with Crippen molar-refractivity contribution in [2.24, 2.45) is 4.99 Å². The maximum atomic E-state index is 4.99. The minimum absolute atomic E-state index is 0.953. The molecule has 0 aliphatic carbocycles. The van der Waals surface area contributed by atoms with E-state index < -0.39 is 0 Å². The largest absolute Gasteiger partial charge is 0.309 e. The van der Waals surface area contributed by atoms with Gasteiger partial charge in [0.25, 0.3) is 0 Å². The number of nitrogens with zero attached hydrogens (tertiary/aromatic N) is 3. The molecular weight excluding hydrogens is 607 g/mol. The first-order chi connectivity index (χ1) is 24.8. The third-order valence-corrected chi connectivity index (χ3v) is 10.2. The van der Waals surface area contributed by atoms with E-state index in [4.69, 9.17) is 4.99 Å². The Bertz CT molecular complexity index is 2750. The average molecular weight is 640 g/mol. The van der Waals surface area contributed by atoms with Crippen LogP contribution in [0.15, 0.2) is 175 Å². The van der Waals surface area contributed by atoms with Gasteiger partial charge < -0.3 is 4.57 Å². The highest BCUT2D eigenvalue weighted by atomic mass is 15.1. The topological polar surface area (TPSA) is 22.2 Å². The molecule has 10 rings (SSSR count). The average Bonchev–Trinajstić information content (AvgIpc) is 3.71. The summed E-state index contributed by atoms with van der Waals surface area (Å²) < 4.78 is 4.77. The lowest BCUT2D eigenvalue weighted by Crippen LogP contribution is -1.97. The van der Waals surface area contributed by atoms with Crippen molar-refractivity contribution in [1.29, 1.82) is 0 Å². The number of hydrogen-bond donors (Lipinski definition) is 0. The third kappa shape index (κ3) is 4.62. The Hall–Kier alpha value is -6.45. The Morgan fingerprint density at radius 3 is 1.68 bits per heavy atom. The van der Waals surface area contributed by atoms with Crippen LogP contribution in [0.2, 0.25) is 0 Å². The molecule has 0 unspecified atom stereocenters. The maximum Gasteiger partial charge on any atom is 0.141 e. The molecule has 0 saturated carbocycles. The van der Waals surface area contributed by atoms with Gasteiger partial charge in [0.1, 0.15) is 5.82 Å². The fourth-order valence-corrected chi connectivity index (χ4v) is 7.86. The number of hydrogen-bond acceptors (Lipinski definition) is 1. The molecule has 0 spiro atoms. The summed E-state index contributed by atoms with van der Waals surface area (Å²) in [5, 5.41) is 3.79. The van der Waals surface area contributed by atoms with Gasteiger partial charge >= 0.3 is 0 Å². The Kier molecular flexibility index (Phi) is 6.63. The smallest absolute Gasteiger partial charge is 0.141 e. The molecular formula is C47H33N3. The van der Waals surface area contributed by atoms with Crippen LogP contribution >= 0.6 is 0 Å². The van der Waals surface area contributed by atoms with Crippen molar-refractivity contribution in [3.63, 3.8) is 0 Å². The van der Waals surface area contributed by atoms with Crippen LogP contribution in [0.4, 0.5) is 5.82 Å². The first-order valence-corrected chi connectivity index (χ1v) is 17.4. The molecule has 0 atom stereocenters. The molecule has 9 aromatic rings. The minimum atomic E-state index is 0.953. The van der Waals surface area contributed by atoms with Gasteiger partial charge in [0.15, 0.2) is 0 Å². The second kappa shape index (κ2) is 11.6. The van der Waals surface area contributed by atoms with Crippen molar-refractivity contribution < 1.29 is 0 Å². The molecule has 236 valence electrons. The van der Waals surface area contributed by atoms with Gasteiger partial charge in [-0.1, -0.05) is 121 Å². The summed E-state index contributed by atoms with van der Waals surface area (Å²) in [5.41, 5.74) is 14.5. The second-order valence-corrected chi connectivity index (χ2v) is 13.1. The van der Waals surface area contributed by atoms with Crippen molar-refractivity contribution in [2.45, 2.75) is 12.8 Å². The van der Waals surface area contributed by atoms with E-state index in [9.17, 15) is 0 Å². The molecule has 0 radical (unpaired) electrons. The number of rotatable bonds is 5. The van der Waals surface area contributed by atoms with E-state index in [0.29, 0.717) is 0 Å². The van der Waals surface area contributed by atoms with Crippen LogP contribution in [-0.2, 0) is 6.42 Å². The zero-order chi connectivity index (χ0) is 33.0. The Balaban J connectivity index is 1.13. The van der Waals surface area contributed by atoms with E-state index in [0.717, 1.165) is 30.0 Å². The van der Waals surface area contributed by atoms with Crippen LogP contribution in [0.1, 0.15) is 12.0 Å². The number of benzene rings is 7. The normalized spacial score (nSPS) is 12.6. The monoisotopic (exact) mass is 639 g/mol. The lowest BCUT2D eigenvalue weighted by molar-refractivity contribution is 1.00. The third-order valence-electron chi connectivity index (χ3n) is 10.2. The van der Waals surface area contributed by atoms with E-state index in [1.807, 2.05) is 0 Å². The maximum absolute atomic E-state index is 4.99. The first-order valence-electron chi connectivity index (χ1n) is 17.4. The highest BCUT2D eigenvalue weighted by molar-refractivity contribution is 6.10. The quantitative estimate of drug-likeness (QED) is 0.179. The number of fused-ring (bicyclic) bond motifs is 6. The molecule has 0 N–H and O–H groups in total. The summed E-state index contributed by atoms with van der Waals surface area (Å²) in [5.74, 6) is 1.04. The van der Waals surface area contributed by atoms with Gasteiger partial charge in [-0.05, 0) is 94.8 Å². The standard InChI is InChI=1S/C47H33N3/c1-3-12-32(13-4-1)34-16-9-18-38(28-34)49-44-22-8-7-20-40(44)41-25-23-37(31-46(41)49)36-24-26-45-43(30-36)42-21-11-27-48-47(42)50(45)39-19-10-17-35(29-39)33-14-5-2-6-15-33/h1-10,12-20,22-31H,11,21H2. The number of aromatic nitrogens is 2. The molecule has 50 heavy (non-hydrogen) atoms. The molecule has 3 heterocycles. The summed E-state index contributed by atoms with van der Waals surface area (Å²) in [7, 11) is 0. The Morgan fingerprint density at radius 1 is 0.380 bits per heavy atom. The van der Waals surface area contributed by atoms with Crippen LogP contribution < -0.4 is 0 Å². The van der Waals surface area contributed by atoms with Crippen LogP contribution in [-0.4, -0.2) is 15.3 Å². The predicted octanol–water partition coefficient (Wildman–Crippen LogP) is 12.4. The van der Waals surface area contributed by atoms with Crippen LogP contribution in [0.25, 0.3) is 77.5 Å². The molecule has 3 heteroatoms. The van der Waals surface area contributed by atoms with E-state index in [1.54, 1.807) is 0 Å². The van der Waals surface area contributed by atoms with Gasteiger partial charge in [-0.3, -0.25) is 4.57 Å². The summed E-state index contributed by atoms with van der Waals surface area (Å²) >= 11 is 0. The van der Waals surface area contributed by atoms with E-state index in [-0.39, 0.29) is 0 Å². The van der Waals surface area contributed by atoms with Gasteiger partial charge in [-0.15, -0.1) is 0 Å². The predicted molar refractivity (Wildman–Crippen MR) is 210 cm³/mol. The van der Waals surface area contributed by atoms with E-state index in [2.05, 4.69) is 185 Å². The zero-order valence-electron chi connectivity index (χ0n) is 27.5. The molecule has 1 aliphatic heterocycles. The molecule has 2 aromatic heterocycles. The molecule has 3 nitrogen and oxygen atoms in total. The van der Waals surface area contributed by atoms with Crippen molar-refractivity contribution in [1.82, 2.24) is 9.13 Å². The minimum Gasteiger partial charge on any atom is -0.309 e. The summed E-state index contributed by atoms with van der Waals surface area (Å²) in [6, 6.07) is 61.6. The fourth-order valence-electron chi connectivity index (χ4n) is 7.86. The SMILES string of the molecule is C1=Nc2c(c3cc(-c4ccc5c6ccccc6n(-c6cccc(-c7ccccc7)c6)c5c4)ccc3n2-c2cccc(-c3ccccc3)c2)CC1. The number of aryl methyl sites for hydroxylation is 1. The van der Waals surface area contributed by atoms with Gasteiger partial charge in [-0.25, -0.2) is 4.99 Å². The zero-order valence-corrected chi connectivity index (χ0v) is 27.5. The summed E-state index contributed by atoms with van der Waals surface area (Å²) in [6.45, 7) is 0. The Morgan fingerprint density at radius 2 is 0.940 bits per heavy atom. The molecule has 1 aliphatic rings. The van der Waals surface area contributed by atoms with Gasteiger partial charge in [0.2, 0.25) is 0 Å². The summed E-state index contributed by atoms with van der Waals surface area (Å²) in [6.07, 6.45) is 4.00. The second-order valence-electron chi connectivity index (χ2n) is 13.1. The molecule has 0 saturated heterocycles. The first kappa shape index (κ1) is 28.6. The van der Waals surface area contributed by atoms with Crippen LogP contribution in [0, 0.1) is 0 Å². The lowest BCUT2D eigenvalue weighted by atomic mass is 9.99.